The standard InChI is InChI=1S/C29H37N3O4/c1-2-23(30)29(36)32-26-21(17-33)14-13-18-15-16-22(24(18)27(26)34)28(35)31-25(19-9-5-3-6-10-19)20-11-7-4-8-12-20/h3-12,18,21-26,33H,2,13-17,30H2,1H3,(H,31,35)(H,32,36)/t18?,21-,22-,23+,24?,26+/m1/s1. The summed E-state index contributed by atoms with van der Waals surface area (Å²) in [6, 6.07) is 17.7. The lowest BCUT2D eigenvalue weighted by Crippen LogP contribution is -2.54. The molecule has 7 heteroatoms. The first kappa shape index (κ1) is 26.0. The molecule has 0 aliphatic heterocycles. The van der Waals surface area contributed by atoms with Gasteiger partial charge in [-0.1, -0.05) is 67.6 Å². The Kier molecular flexibility index (Phi) is 8.54. The number of fused-ring (bicyclic) bond motifs is 1. The number of amides is 2. The molecule has 2 amide bonds. The fraction of sp³-hybridized carbons (Fsp3) is 0.483. The van der Waals surface area contributed by atoms with Crippen molar-refractivity contribution in [2.45, 2.75) is 57.2 Å². The lowest BCUT2D eigenvalue weighted by atomic mass is 9.82. The Morgan fingerprint density at radius 1 is 0.972 bits per heavy atom. The van der Waals surface area contributed by atoms with Crippen LogP contribution < -0.4 is 16.4 Å². The first-order valence-corrected chi connectivity index (χ1v) is 13.0. The topological polar surface area (TPSA) is 122 Å². The average Bonchev–Trinajstić information content (AvgIpc) is 3.30. The number of hydrogen-bond donors (Lipinski definition) is 4. The van der Waals surface area contributed by atoms with Crippen molar-refractivity contribution in [3.63, 3.8) is 0 Å². The van der Waals surface area contributed by atoms with E-state index in [4.69, 9.17) is 5.73 Å². The highest BCUT2D eigenvalue weighted by Crippen LogP contribution is 2.45. The number of carbonyl (C=O) groups is 3. The predicted molar refractivity (Wildman–Crippen MR) is 138 cm³/mol. The zero-order valence-corrected chi connectivity index (χ0v) is 20.8. The van der Waals surface area contributed by atoms with Gasteiger partial charge in [-0.3, -0.25) is 14.4 Å². The second-order valence-electron chi connectivity index (χ2n) is 10.2. The van der Waals surface area contributed by atoms with Gasteiger partial charge in [0.2, 0.25) is 11.8 Å². The van der Waals surface area contributed by atoms with Crippen LogP contribution in [-0.2, 0) is 14.4 Å². The van der Waals surface area contributed by atoms with Crippen molar-refractivity contribution in [1.29, 1.82) is 0 Å². The van der Waals surface area contributed by atoms with E-state index in [1.165, 1.54) is 0 Å². The number of nitrogens with one attached hydrogen (secondary N) is 2. The number of aliphatic hydroxyl groups is 1. The molecule has 2 aliphatic rings. The maximum atomic E-state index is 13.8. The summed E-state index contributed by atoms with van der Waals surface area (Å²) >= 11 is 0. The second kappa shape index (κ2) is 11.8. The maximum Gasteiger partial charge on any atom is 0.237 e. The largest absolute Gasteiger partial charge is 0.396 e. The van der Waals surface area contributed by atoms with Gasteiger partial charge >= 0.3 is 0 Å². The fourth-order valence-corrected chi connectivity index (χ4v) is 5.90. The Morgan fingerprint density at radius 3 is 2.11 bits per heavy atom. The van der Waals surface area contributed by atoms with Crippen LogP contribution in [0.25, 0.3) is 0 Å². The van der Waals surface area contributed by atoms with E-state index in [9.17, 15) is 19.5 Å². The highest BCUT2D eigenvalue weighted by atomic mass is 16.3. The van der Waals surface area contributed by atoms with Crippen LogP contribution in [0.3, 0.4) is 0 Å². The van der Waals surface area contributed by atoms with Crippen LogP contribution in [0.1, 0.15) is 56.2 Å². The Morgan fingerprint density at radius 2 is 1.56 bits per heavy atom. The number of nitrogens with two attached hydrogens (primary N) is 1. The molecule has 2 aliphatic carbocycles. The summed E-state index contributed by atoms with van der Waals surface area (Å²) in [5, 5.41) is 16.1. The molecule has 2 fully saturated rings. The van der Waals surface area contributed by atoms with Gasteiger partial charge in [0.1, 0.15) is 0 Å². The summed E-state index contributed by atoms with van der Waals surface area (Å²) in [6.07, 6.45) is 3.23. The van der Waals surface area contributed by atoms with Crippen LogP contribution in [0.5, 0.6) is 0 Å². The molecule has 0 bridgehead atoms. The van der Waals surface area contributed by atoms with Crippen LogP contribution in [-0.4, -0.2) is 41.4 Å². The Balaban J connectivity index is 1.58. The van der Waals surface area contributed by atoms with E-state index < -0.39 is 23.9 Å². The summed E-state index contributed by atoms with van der Waals surface area (Å²) in [5.41, 5.74) is 7.84. The zero-order chi connectivity index (χ0) is 25.7. The van der Waals surface area contributed by atoms with Crippen LogP contribution in [0, 0.1) is 23.7 Å². The minimum absolute atomic E-state index is 0.0657. The zero-order valence-electron chi connectivity index (χ0n) is 20.8. The van der Waals surface area contributed by atoms with Crippen molar-refractivity contribution < 1.29 is 19.5 Å². The van der Waals surface area contributed by atoms with E-state index in [0.717, 1.165) is 24.0 Å². The highest BCUT2D eigenvalue weighted by Gasteiger charge is 2.50. The minimum atomic E-state index is -0.831. The van der Waals surface area contributed by atoms with Crippen molar-refractivity contribution >= 4 is 17.6 Å². The summed E-state index contributed by atoms with van der Waals surface area (Å²) in [5.74, 6) is -1.96. The summed E-state index contributed by atoms with van der Waals surface area (Å²) in [4.78, 5) is 40.1. The van der Waals surface area contributed by atoms with Crippen molar-refractivity contribution in [3.8, 4) is 0 Å². The minimum Gasteiger partial charge on any atom is -0.396 e. The third-order valence-corrected chi connectivity index (χ3v) is 8.00. The Labute approximate surface area is 212 Å². The van der Waals surface area contributed by atoms with Crippen LogP contribution in [0.15, 0.2) is 60.7 Å². The van der Waals surface area contributed by atoms with E-state index in [1.54, 1.807) is 0 Å². The maximum absolute atomic E-state index is 13.8. The lowest BCUT2D eigenvalue weighted by molar-refractivity contribution is -0.137. The van der Waals surface area contributed by atoms with Crippen molar-refractivity contribution in [2.24, 2.45) is 29.4 Å². The number of benzene rings is 2. The quantitative estimate of drug-likeness (QED) is 0.452. The van der Waals surface area contributed by atoms with Crippen LogP contribution in [0.4, 0.5) is 0 Å². The van der Waals surface area contributed by atoms with Gasteiger partial charge in [-0.15, -0.1) is 0 Å². The van der Waals surface area contributed by atoms with Gasteiger partial charge in [0.25, 0.3) is 0 Å². The molecule has 0 heterocycles. The molecule has 0 aromatic heterocycles. The highest BCUT2D eigenvalue weighted by molar-refractivity contribution is 5.96. The molecule has 2 saturated carbocycles. The third-order valence-electron chi connectivity index (χ3n) is 8.00. The fourth-order valence-electron chi connectivity index (χ4n) is 5.90. The number of ketones is 1. The van der Waals surface area contributed by atoms with Crippen molar-refractivity contribution in [1.82, 2.24) is 10.6 Å². The van der Waals surface area contributed by atoms with E-state index in [-0.39, 0.29) is 42.1 Å². The van der Waals surface area contributed by atoms with E-state index in [2.05, 4.69) is 10.6 Å². The van der Waals surface area contributed by atoms with Crippen molar-refractivity contribution in [2.75, 3.05) is 6.61 Å². The van der Waals surface area contributed by atoms with Crippen LogP contribution in [0.2, 0.25) is 0 Å². The monoisotopic (exact) mass is 491 g/mol. The first-order valence-electron chi connectivity index (χ1n) is 13.0. The normalized spacial score (nSPS) is 26.7. The molecule has 6 atom stereocenters. The van der Waals surface area contributed by atoms with Gasteiger partial charge in [-0.05, 0) is 49.1 Å². The number of rotatable bonds is 8. The first-order chi connectivity index (χ1) is 17.4. The van der Waals surface area contributed by atoms with Crippen LogP contribution >= 0.6 is 0 Å². The SMILES string of the molecule is CC[C@H](N)C(=O)N[C@@H]1C(=O)C2C(CC[C@@H]1CO)CC[C@H]2C(=O)NC(c1ccccc1)c1ccccc1. The second-order valence-corrected chi connectivity index (χ2v) is 10.2. The Hall–Kier alpha value is -3.03. The Bertz CT molecular complexity index is 1010. The summed E-state index contributed by atoms with van der Waals surface area (Å²) in [7, 11) is 0. The average molecular weight is 492 g/mol. The molecule has 192 valence electrons. The van der Waals surface area contributed by atoms with Gasteiger partial charge in [-0.2, -0.15) is 0 Å². The van der Waals surface area contributed by atoms with E-state index in [0.29, 0.717) is 19.3 Å². The molecular weight excluding hydrogens is 454 g/mol. The molecule has 0 radical (unpaired) electrons. The van der Waals surface area contributed by atoms with Gasteiger partial charge in [0.15, 0.2) is 5.78 Å². The van der Waals surface area contributed by atoms with Gasteiger partial charge in [0.05, 0.1) is 18.1 Å². The van der Waals surface area contributed by atoms with E-state index in [1.807, 2.05) is 67.6 Å². The molecule has 2 unspecified atom stereocenters. The number of carbonyl (C=O) groups excluding carboxylic acids is 3. The predicted octanol–water partition coefficient (Wildman–Crippen LogP) is 2.73. The summed E-state index contributed by atoms with van der Waals surface area (Å²) in [6.45, 7) is 1.62. The van der Waals surface area contributed by atoms with Gasteiger partial charge in [0, 0.05) is 24.4 Å². The smallest absolute Gasteiger partial charge is 0.237 e. The van der Waals surface area contributed by atoms with Gasteiger partial charge < -0.3 is 21.5 Å². The van der Waals surface area contributed by atoms with Gasteiger partial charge in [-0.25, -0.2) is 0 Å². The summed E-state index contributed by atoms with van der Waals surface area (Å²) < 4.78 is 0. The molecule has 2 aromatic carbocycles. The number of Topliss-reactive ketones (excluding diaryl/α,β-unsaturated/α-hetero) is 1. The molecule has 36 heavy (non-hydrogen) atoms. The molecule has 5 N–H and O–H groups in total. The molecule has 4 rings (SSSR count). The molecule has 7 nitrogen and oxygen atoms in total. The molecular formula is C29H37N3O4. The van der Waals surface area contributed by atoms with Crippen molar-refractivity contribution in [3.05, 3.63) is 71.8 Å². The third kappa shape index (κ3) is 5.52. The molecule has 2 aromatic rings. The number of aliphatic hydroxyl groups excluding tert-OH is 1. The number of hydrogen-bond acceptors (Lipinski definition) is 5. The molecule has 0 spiro atoms. The van der Waals surface area contributed by atoms with E-state index >= 15 is 0 Å². The molecule has 0 saturated heterocycles. The lowest BCUT2D eigenvalue weighted by Gasteiger charge is -2.29.